The summed E-state index contributed by atoms with van der Waals surface area (Å²) in [5.41, 5.74) is 6.72. The van der Waals surface area contributed by atoms with Gasteiger partial charge in [0.2, 0.25) is 12.5 Å². The average Bonchev–Trinajstić information content (AvgIpc) is 3.97. The van der Waals surface area contributed by atoms with Gasteiger partial charge in [-0.1, -0.05) is 112 Å². The average molecular weight is 847 g/mol. The highest BCUT2D eigenvalue weighted by Crippen LogP contribution is 2.38. The summed E-state index contributed by atoms with van der Waals surface area (Å²) < 4.78 is 12.6. The van der Waals surface area contributed by atoms with E-state index in [4.69, 9.17) is 42.4 Å². The fourth-order valence-corrected chi connectivity index (χ4v) is 7.57. The van der Waals surface area contributed by atoms with Crippen LogP contribution in [0.5, 0.6) is 11.5 Å². The molecule has 0 spiro atoms. The minimum Gasteiger partial charge on any atom is -0.492 e. The third-order valence-electron chi connectivity index (χ3n) is 10.4. The minimum atomic E-state index is -0.461. The molecule has 61 heavy (non-hydrogen) atoms. The molecule has 7 aromatic carbocycles. The van der Waals surface area contributed by atoms with Gasteiger partial charge in [0.25, 0.3) is 0 Å². The van der Waals surface area contributed by atoms with Gasteiger partial charge in [0, 0.05) is 49.4 Å². The fourth-order valence-electron chi connectivity index (χ4n) is 7.31. The number of hydrogen-bond donors (Lipinski definition) is 0. The Bertz CT molecular complexity index is 2400. The van der Waals surface area contributed by atoms with E-state index in [1.807, 2.05) is 176 Å². The monoisotopic (exact) mass is 845 g/mol. The number of rotatable bonds is 15. The highest BCUT2D eigenvalue weighted by Gasteiger charge is 2.35. The van der Waals surface area contributed by atoms with E-state index in [1.54, 1.807) is 0 Å². The number of oxime groups is 2. The largest absolute Gasteiger partial charge is 0.492 e. The molecule has 0 radical (unpaired) electrons. The maximum atomic E-state index is 6.29. The van der Waals surface area contributed by atoms with E-state index in [1.165, 1.54) is 0 Å². The van der Waals surface area contributed by atoms with Crippen molar-refractivity contribution in [3.8, 4) is 11.5 Å². The van der Waals surface area contributed by atoms with Crippen LogP contribution in [0.25, 0.3) is 0 Å². The fraction of sp³-hybridized carbons (Fsp3) is 0.120. The molecule has 0 aromatic heterocycles. The molecule has 0 amide bonds. The van der Waals surface area contributed by atoms with Crippen molar-refractivity contribution in [3.05, 3.63) is 220 Å². The van der Waals surface area contributed by atoms with Crippen molar-refractivity contribution >= 4 is 51.9 Å². The molecule has 0 saturated carbocycles. The summed E-state index contributed by atoms with van der Waals surface area (Å²) in [6.07, 6.45) is -0.923. The Labute approximate surface area is 365 Å². The van der Waals surface area contributed by atoms with Crippen LogP contribution in [0.3, 0.4) is 0 Å². The number of halogens is 2. The summed E-state index contributed by atoms with van der Waals surface area (Å²) in [5.74, 6) is 2.97. The Kier molecular flexibility index (Phi) is 12.0. The smallest absolute Gasteiger partial charge is 0.231 e. The van der Waals surface area contributed by atoms with Gasteiger partial charge in [-0.05, 0) is 109 Å². The molecule has 9 nitrogen and oxygen atoms in total. The van der Waals surface area contributed by atoms with E-state index >= 15 is 0 Å². The van der Waals surface area contributed by atoms with Gasteiger partial charge < -0.3 is 24.0 Å². The molecule has 0 aliphatic carbocycles. The third-order valence-corrected chi connectivity index (χ3v) is 10.9. The van der Waals surface area contributed by atoms with Crippen molar-refractivity contribution in [2.75, 3.05) is 41.0 Å². The van der Waals surface area contributed by atoms with Gasteiger partial charge in [-0.25, -0.2) is 0 Å². The van der Waals surface area contributed by atoms with Crippen LogP contribution < -0.4 is 24.2 Å². The zero-order valence-corrected chi connectivity index (χ0v) is 34.5. The summed E-state index contributed by atoms with van der Waals surface area (Å²) >= 11 is 12.5. The molecule has 9 rings (SSSR count). The molecule has 2 aliphatic rings. The van der Waals surface area contributed by atoms with E-state index in [0.717, 1.165) is 62.5 Å². The SMILES string of the molecule is Clc1ccc(N2C(c3ccccc3)=NOC2c2ccc(OCCN(CCOc3ccc(C4ON=C(c5ccccc5)N4c4ccc(Cl)cc4)cc3)c3ccccc3)cc2)cc1. The highest BCUT2D eigenvalue weighted by atomic mass is 35.5. The number of hydrogen-bond acceptors (Lipinski definition) is 9. The van der Waals surface area contributed by atoms with Crippen molar-refractivity contribution < 1.29 is 19.1 Å². The summed E-state index contributed by atoms with van der Waals surface area (Å²) in [6, 6.07) is 61.6. The zero-order valence-electron chi connectivity index (χ0n) is 33.0. The van der Waals surface area contributed by atoms with Crippen molar-refractivity contribution in [1.29, 1.82) is 0 Å². The lowest BCUT2D eigenvalue weighted by Gasteiger charge is -2.26. The summed E-state index contributed by atoms with van der Waals surface area (Å²) in [4.78, 5) is 18.5. The Balaban J connectivity index is 0.820. The maximum absolute atomic E-state index is 6.29. The second-order valence-corrected chi connectivity index (χ2v) is 15.2. The van der Waals surface area contributed by atoms with Crippen LogP contribution in [-0.4, -0.2) is 38.0 Å². The predicted molar refractivity (Wildman–Crippen MR) is 244 cm³/mol. The normalized spacial score (nSPS) is 15.7. The van der Waals surface area contributed by atoms with Crippen LogP contribution in [-0.2, 0) is 9.68 Å². The number of benzene rings is 7. The Morgan fingerprint density at radius 2 is 0.836 bits per heavy atom. The molecule has 304 valence electrons. The number of nitrogens with zero attached hydrogens (tertiary/aromatic N) is 5. The minimum absolute atomic E-state index is 0.461. The molecule has 2 aliphatic heterocycles. The first-order chi connectivity index (χ1) is 30.1. The Morgan fingerprint density at radius 1 is 0.459 bits per heavy atom. The lowest BCUT2D eigenvalue weighted by Crippen LogP contribution is -2.32. The van der Waals surface area contributed by atoms with Crippen LogP contribution >= 0.6 is 23.2 Å². The first-order valence-electron chi connectivity index (χ1n) is 20.0. The lowest BCUT2D eigenvalue weighted by atomic mass is 10.1. The molecule has 2 unspecified atom stereocenters. The van der Waals surface area contributed by atoms with Crippen LogP contribution in [0, 0.1) is 0 Å². The Morgan fingerprint density at radius 3 is 1.23 bits per heavy atom. The summed E-state index contributed by atoms with van der Waals surface area (Å²) in [5, 5.41) is 10.3. The second-order valence-electron chi connectivity index (χ2n) is 14.3. The van der Waals surface area contributed by atoms with E-state index in [-0.39, 0.29) is 0 Å². The van der Waals surface area contributed by atoms with Gasteiger partial charge in [-0.2, -0.15) is 0 Å². The van der Waals surface area contributed by atoms with E-state index in [0.29, 0.717) is 36.3 Å². The molecule has 0 bridgehead atoms. The molecule has 11 heteroatoms. The molecular weight excluding hydrogens is 805 g/mol. The van der Waals surface area contributed by atoms with Crippen LogP contribution in [0.15, 0.2) is 198 Å². The number of anilines is 3. The van der Waals surface area contributed by atoms with Gasteiger partial charge in [0.15, 0.2) is 11.7 Å². The standard InChI is InChI=1S/C50H41Cl2N5O4/c51-40-20-24-43(25-21-40)56-47(36-10-4-1-5-11-36)53-60-49(56)38-16-28-45(29-17-38)58-34-32-55(42-14-8-3-9-15-42)33-35-59-46-30-18-39(19-31-46)50-57(44-26-22-41(52)23-27-44)48(54-61-50)37-12-6-2-7-13-37/h1-31,49-50H,32-35H2. The van der Waals surface area contributed by atoms with Crippen LogP contribution in [0.4, 0.5) is 17.1 Å². The zero-order chi connectivity index (χ0) is 41.4. The van der Waals surface area contributed by atoms with Crippen molar-refractivity contribution in [1.82, 2.24) is 0 Å². The van der Waals surface area contributed by atoms with E-state index in [2.05, 4.69) is 37.1 Å². The number of ether oxygens (including phenoxy) is 2. The van der Waals surface area contributed by atoms with Crippen molar-refractivity contribution in [2.24, 2.45) is 10.3 Å². The first kappa shape index (κ1) is 39.5. The summed E-state index contributed by atoms with van der Waals surface area (Å²) in [6.45, 7) is 2.25. The van der Waals surface area contributed by atoms with Gasteiger partial charge in [0.1, 0.15) is 24.7 Å². The predicted octanol–water partition coefficient (Wildman–Crippen LogP) is 11.8. The van der Waals surface area contributed by atoms with Crippen molar-refractivity contribution in [2.45, 2.75) is 12.5 Å². The molecule has 7 aromatic rings. The number of para-hydroxylation sites is 1. The van der Waals surface area contributed by atoms with Crippen LogP contribution in [0.1, 0.15) is 34.7 Å². The van der Waals surface area contributed by atoms with Crippen molar-refractivity contribution in [3.63, 3.8) is 0 Å². The molecule has 0 N–H and O–H groups in total. The van der Waals surface area contributed by atoms with E-state index in [9.17, 15) is 0 Å². The van der Waals surface area contributed by atoms with E-state index < -0.39 is 12.5 Å². The molecule has 0 fully saturated rings. The quantitative estimate of drug-likeness (QED) is 0.102. The Hall–Kier alpha value is -6.94. The van der Waals surface area contributed by atoms with Gasteiger partial charge in [-0.3, -0.25) is 9.80 Å². The molecule has 2 atom stereocenters. The number of amidine groups is 2. The molecular formula is C50H41Cl2N5O4. The summed E-state index contributed by atoms with van der Waals surface area (Å²) in [7, 11) is 0. The third kappa shape index (κ3) is 9.13. The van der Waals surface area contributed by atoms with Gasteiger partial charge in [-0.15, -0.1) is 0 Å². The van der Waals surface area contributed by atoms with Gasteiger partial charge in [0.05, 0.1) is 13.1 Å². The molecule has 2 heterocycles. The topological polar surface area (TPSA) is 71.4 Å². The molecule has 0 saturated heterocycles. The highest BCUT2D eigenvalue weighted by molar-refractivity contribution is 6.31. The maximum Gasteiger partial charge on any atom is 0.231 e. The second kappa shape index (κ2) is 18.5. The first-order valence-corrected chi connectivity index (χ1v) is 20.8. The van der Waals surface area contributed by atoms with Gasteiger partial charge >= 0.3 is 0 Å². The lowest BCUT2D eigenvalue weighted by molar-refractivity contribution is 0.0867. The van der Waals surface area contributed by atoms with Crippen LogP contribution in [0.2, 0.25) is 10.0 Å².